The standard InChI is InChI=1S/C18H21FN4O4/c1-2-22-10-12(18(27)21-9-16(24)25)17(26)11-7-13(19)15(8-14(11)22)23-5-3-20-4-6-23/h7-8,10,20H,2-6,9H2,1H3,(H,21,27)(H,24,25). The van der Waals surface area contributed by atoms with Crippen LogP contribution in [0, 0.1) is 5.82 Å². The Labute approximate surface area is 154 Å². The van der Waals surface area contributed by atoms with Crippen LogP contribution in [0.2, 0.25) is 0 Å². The first-order valence-electron chi connectivity index (χ1n) is 8.74. The number of halogens is 1. The molecule has 1 amide bonds. The Bertz CT molecular complexity index is 951. The zero-order valence-electron chi connectivity index (χ0n) is 14.9. The van der Waals surface area contributed by atoms with E-state index in [0.717, 1.165) is 19.2 Å². The molecule has 0 saturated carbocycles. The third-order valence-electron chi connectivity index (χ3n) is 4.59. The van der Waals surface area contributed by atoms with Gasteiger partial charge in [0.15, 0.2) is 0 Å². The quantitative estimate of drug-likeness (QED) is 0.697. The molecular weight excluding hydrogens is 355 g/mol. The molecule has 27 heavy (non-hydrogen) atoms. The predicted octanol–water partition coefficient (Wildman–Crippen LogP) is 0.385. The summed E-state index contributed by atoms with van der Waals surface area (Å²) in [5.41, 5.74) is 0.129. The van der Waals surface area contributed by atoms with Crippen LogP contribution < -0.4 is 21.0 Å². The normalized spacial score (nSPS) is 14.4. The van der Waals surface area contributed by atoms with E-state index in [0.29, 0.717) is 30.8 Å². The van der Waals surface area contributed by atoms with Gasteiger partial charge >= 0.3 is 5.97 Å². The molecule has 0 bridgehead atoms. The number of carbonyl (C=O) groups is 2. The Balaban J connectivity index is 2.10. The number of benzene rings is 1. The number of carbonyl (C=O) groups excluding carboxylic acids is 1. The SMILES string of the molecule is CCn1cc(C(=O)NCC(=O)O)c(=O)c2cc(F)c(N3CCNCC3)cc21. The monoisotopic (exact) mass is 376 g/mol. The van der Waals surface area contributed by atoms with Gasteiger partial charge < -0.3 is 25.2 Å². The van der Waals surface area contributed by atoms with Crippen LogP contribution in [0.15, 0.2) is 23.1 Å². The van der Waals surface area contributed by atoms with E-state index < -0.39 is 29.7 Å². The van der Waals surface area contributed by atoms with Crippen LogP contribution in [-0.4, -0.2) is 54.3 Å². The number of rotatable bonds is 5. The number of fused-ring (bicyclic) bond motifs is 1. The van der Waals surface area contributed by atoms with Gasteiger partial charge in [0.1, 0.15) is 17.9 Å². The summed E-state index contributed by atoms with van der Waals surface area (Å²) in [6.07, 6.45) is 1.39. The maximum absolute atomic E-state index is 14.7. The third kappa shape index (κ3) is 3.77. The Morgan fingerprint density at radius 1 is 1.30 bits per heavy atom. The minimum atomic E-state index is -1.22. The van der Waals surface area contributed by atoms with Gasteiger partial charge in [-0.25, -0.2) is 4.39 Å². The number of carboxylic acid groups (broad SMARTS) is 1. The van der Waals surface area contributed by atoms with Gasteiger partial charge in [0, 0.05) is 44.3 Å². The zero-order chi connectivity index (χ0) is 19.6. The number of hydrogen-bond donors (Lipinski definition) is 3. The van der Waals surface area contributed by atoms with Gasteiger partial charge in [-0.3, -0.25) is 14.4 Å². The molecule has 3 N–H and O–H groups in total. The molecule has 0 unspecified atom stereocenters. The topological polar surface area (TPSA) is 104 Å². The van der Waals surface area contributed by atoms with Crippen LogP contribution >= 0.6 is 0 Å². The molecule has 1 aromatic carbocycles. The average Bonchev–Trinajstić information content (AvgIpc) is 2.67. The Morgan fingerprint density at radius 2 is 2.00 bits per heavy atom. The molecule has 1 aliphatic rings. The summed E-state index contributed by atoms with van der Waals surface area (Å²) in [7, 11) is 0. The van der Waals surface area contributed by atoms with Crippen LogP contribution in [0.3, 0.4) is 0 Å². The number of hydrogen-bond acceptors (Lipinski definition) is 5. The highest BCUT2D eigenvalue weighted by atomic mass is 19.1. The van der Waals surface area contributed by atoms with E-state index in [2.05, 4.69) is 10.6 Å². The molecule has 144 valence electrons. The fourth-order valence-corrected chi connectivity index (χ4v) is 3.22. The lowest BCUT2D eigenvalue weighted by atomic mass is 10.1. The van der Waals surface area contributed by atoms with E-state index in [-0.39, 0.29) is 10.9 Å². The van der Waals surface area contributed by atoms with E-state index in [1.54, 1.807) is 10.6 Å². The van der Waals surface area contributed by atoms with E-state index in [1.165, 1.54) is 6.20 Å². The van der Waals surface area contributed by atoms with Crippen molar-refractivity contribution in [2.75, 3.05) is 37.6 Å². The van der Waals surface area contributed by atoms with Crippen molar-refractivity contribution in [3.05, 3.63) is 39.9 Å². The lowest BCUT2D eigenvalue weighted by molar-refractivity contribution is -0.135. The number of aliphatic carboxylic acids is 1. The molecule has 9 heteroatoms. The van der Waals surface area contributed by atoms with Crippen LogP contribution in [0.25, 0.3) is 10.9 Å². The molecular formula is C18H21FN4O4. The van der Waals surface area contributed by atoms with Gasteiger partial charge in [-0.15, -0.1) is 0 Å². The number of aromatic nitrogens is 1. The van der Waals surface area contributed by atoms with E-state index in [4.69, 9.17) is 5.11 Å². The molecule has 2 aromatic rings. The molecule has 2 heterocycles. The van der Waals surface area contributed by atoms with E-state index >= 15 is 0 Å². The summed E-state index contributed by atoms with van der Waals surface area (Å²) >= 11 is 0. The molecule has 1 saturated heterocycles. The molecule has 8 nitrogen and oxygen atoms in total. The fraction of sp³-hybridized carbons (Fsp3) is 0.389. The summed E-state index contributed by atoms with van der Waals surface area (Å²) in [6, 6.07) is 2.80. The van der Waals surface area contributed by atoms with Crippen molar-refractivity contribution in [1.29, 1.82) is 0 Å². The molecule has 3 rings (SSSR count). The number of piperazine rings is 1. The number of pyridine rings is 1. The number of nitrogens with zero attached hydrogens (tertiary/aromatic N) is 2. The fourth-order valence-electron chi connectivity index (χ4n) is 3.22. The molecule has 1 fully saturated rings. The summed E-state index contributed by atoms with van der Waals surface area (Å²) in [4.78, 5) is 37.4. The largest absolute Gasteiger partial charge is 0.480 e. The van der Waals surface area contributed by atoms with Crippen molar-refractivity contribution in [3.8, 4) is 0 Å². The number of aryl methyl sites for hydroxylation is 1. The van der Waals surface area contributed by atoms with Crippen LogP contribution in [0.1, 0.15) is 17.3 Å². The second-order valence-electron chi connectivity index (χ2n) is 6.29. The van der Waals surface area contributed by atoms with Gasteiger partial charge in [0.2, 0.25) is 5.43 Å². The average molecular weight is 376 g/mol. The second kappa shape index (κ2) is 7.75. The Kier molecular flexibility index (Phi) is 5.41. The lowest BCUT2D eigenvalue weighted by Crippen LogP contribution is -2.44. The van der Waals surface area contributed by atoms with Crippen molar-refractivity contribution < 1.29 is 19.1 Å². The van der Waals surface area contributed by atoms with Gasteiger partial charge in [0.05, 0.1) is 11.2 Å². The molecule has 1 aromatic heterocycles. The number of amides is 1. The summed E-state index contributed by atoms with van der Waals surface area (Å²) in [6.45, 7) is 4.53. The van der Waals surface area contributed by atoms with Crippen LogP contribution in [0.4, 0.5) is 10.1 Å². The van der Waals surface area contributed by atoms with Crippen LogP contribution in [0.5, 0.6) is 0 Å². The van der Waals surface area contributed by atoms with Crippen molar-refractivity contribution >= 4 is 28.5 Å². The molecule has 0 atom stereocenters. The zero-order valence-corrected chi connectivity index (χ0v) is 14.9. The summed E-state index contributed by atoms with van der Waals surface area (Å²) in [5, 5.41) is 14.2. The maximum Gasteiger partial charge on any atom is 0.322 e. The first-order chi connectivity index (χ1) is 12.9. The van der Waals surface area contributed by atoms with Gasteiger partial charge in [-0.1, -0.05) is 0 Å². The molecule has 0 spiro atoms. The second-order valence-corrected chi connectivity index (χ2v) is 6.29. The highest BCUT2D eigenvalue weighted by molar-refractivity contribution is 5.98. The Hall–Kier alpha value is -2.94. The first-order valence-corrected chi connectivity index (χ1v) is 8.74. The number of anilines is 1. The highest BCUT2D eigenvalue weighted by Crippen LogP contribution is 2.25. The number of nitrogens with one attached hydrogen (secondary N) is 2. The highest BCUT2D eigenvalue weighted by Gasteiger charge is 2.20. The number of carboxylic acids is 1. The van der Waals surface area contributed by atoms with Crippen LogP contribution in [-0.2, 0) is 11.3 Å². The maximum atomic E-state index is 14.7. The summed E-state index contributed by atoms with van der Waals surface area (Å²) in [5.74, 6) is -2.53. The first kappa shape index (κ1) is 18.8. The van der Waals surface area contributed by atoms with Crippen molar-refractivity contribution in [2.45, 2.75) is 13.5 Å². The lowest BCUT2D eigenvalue weighted by Gasteiger charge is -2.30. The van der Waals surface area contributed by atoms with Gasteiger partial charge in [0.25, 0.3) is 5.91 Å². The minimum Gasteiger partial charge on any atom is -0.480 e. The Morgan fingerprint density at radius 3 is 2.63 bits per heavy atom. The summed E-state index contributed by atoms with van der Waals surface area (Å²) < 4.78 is 16.4. The van der Waals surface area contributed by atoms with Gasteiger partial charge in [-0.2, -0.15) is 0 Å². The van der Waals surface area contributed by atoms with Crippen molar-refractivity contribution in [3.63, 3.8) is 0 Å². The molecule has 0 radical (unpaired) electrons. The predicted molar refractivity (Wildman–Crippen MR) is 98.9 cm³/mol. The van der Waals surface area contributed by atoms with E-state index in [1.807, 2.05) is 11.8 Å². The molecule has 0 aliphatic carbocycles. The van der Waals surface area contributed by atoms with Crippen molar-refractivity contribution in [1.82, 2.24) is 15.2 Å². The van der Waals surface area contributed by atoms with Gasteiger partial charge in [-0.05, 0) is 19.1 Å². The third-order valence-corrected chi connectivity index (χ3v) is 4.59. The smallest absolute Gasteiger partial charge is 0.322 e. The van der Waals surface area contributed by atoms with Crippen molar-refractivity contribution in [2.24, 2.45) is 0 Å². The molecule has 1 aliphatic heterocycles. The van der Waals surface area contributed by atoms with E-state index in [9.17, 15) is 18.8 Å². The minimum absolute atomic E-state index is 0.0937.